The van der Waals surface area contributed by atoms with Crippen LogP contribution in [-0.2, 0) is 9.47 Å². The van der Waals surface area contributed by atoms with Crippen LogP contribution in [0, 0.1) is 5.82 Å². The van der Waals surface area contributed by atoms with Crippen molar-refractivity contribution in [1.29, 1.82) is 0 Å². The highest BCUT2D eigenvalue weighted by Gasteiger charge is 2.27. The lowest BCUT2D eigenvalue weighted by Crippen LogP contribution is -2.36. The highest BCUT2D eigenvalue weighted by Crippen LogP contribution is 2.32. The van der Waals surface area contributed by atoms with E-state index in [1.54, 1.807) is 12.1 Å². The molecule has 0 saturated heterocycles. The second-order valence-corrected chi connectivity index (χ2v) is 5.31. The molecule has 6 heteroatoms. The summed E-state index contributed by atoms with van der Waals surface area (Å²) >= 11 is 9.17. The molecular formula is C14H20BrClFNO2. The molecule has 1 N–H and O–H groups in total. The maximum Gasteiger partial charge on any atom is 0.176 e. The Labute approximate surface area is 132 Å². The van der Waals surface area contributed by atoms with E-state index in [0.717, 1.165) is 0 Å². The molecule has 0 bridgehead atoms. The molecule has 0 amide bonds. The molecule has 0 heterocycles. The van der Waals surface area contributed by atoms with Crippen LogP contribution in [0.4, 0.5) is 4.39 Å². The van der Waals surface area contributed by atoms with Gasteiger partial charge in [-0.2, -0.15) is 0 Å². The zero-order chi connectivity index (χ0) is 15.1. The molecule has 1 aromatic carbocycles. The molecule has 1 atom stereocenters. The van der Waals surface area contributed by atoms with Gasteiger partial charge >= 0.3 is 0 Å². The summed E-state index contributed by atoms with van der Waals surface area (Å²) in [4.78, 5) is 0. The zero-order valence-electron chi connectivity index (χ0n) is 11.9. The van der Waals surface area contributed by atoms with Crippen LogP contribution >= 0.6 is 27.5 Å². The van der Waals surface area contributed by atoms with Crippen molar-refractivity contribution in [2.24, 2.45) is 0 Å². The van der Waals surface area contributed by atoms with Crippen molar-refractivity contribution in [3.8, 4) is 0 Å². The minimum absolute atomic E-state index is 0.0668. The van der Waals surface area contributed by atoms with Crippen LogP contribution in [-0.4, -0.2) is 26.0 Å². The van der Waals surface area contributed by atoms with E-state index in [1.165, 1.54) is 0 Å². The van der Waals surface area contributed by atoms with Gasteiger partial charge in [-0.15, -0.1) is 0 Å². The van der Waals surface area contributed by atoms with E-state index >= 15 is 0 Å². The third-order valence-electron chi connectivity index (χ3n) is 2.76. The summed E-state index contributed by atoms with van der Waals surface area (Å²) in [6.07, 6.45) is -0.559. The Morgan fingerprint density at radius 3 is 2.35 bits per heavy atom. The molecular weight excluding hydrogens is 349 g/mol. The van der Waals surface area contributed by atoms with Gasteiger partial charge in [0, 0.05) is 23.2 Å². The highest BCUT2D eigenvalue weighted by molar-refractivity contribution is 9.10. The lowest BCUT2D eigenvalue weighted by Gasteiger charge is -2.28. The molecule has 3 nitrogen and oxygen atoms in total. The lowest BCUT2D eigenvalue weighted by molar-refractivity contribution is -0.155. The van der Waals surface area contributed by atoms with Crippen molar-refractivity contribution in [3.05, 3.63) is 33.0 Å². The van der Waals surface area contributed by atoms with Gasteiger partial charge in [0.05, 0.1) is 11.1 Å². The Balaban J connectivity index is 3.14. The minimum atomic E-state index is -0.559. The van der Waals surface area contributed by atoms with Crippen LogP contribution in [0.3, 0.4) is 0 Å². The molecule has 0 radical (unpaired) electrons. The standard InChI is InChI=1S/C14H20BrClFNO2/c1-4-18-13(14(19-5-2)20-6-3)9-7-8-10(15)11(16)12(9)17/h7-8,13-14,18H,4-6H2,1-3H3. The quantitative estimate of drug-likeness (QED) is 0.548. The van der Waals surface area contributed by atoms with E-state index < -0.39 is 18.1 Å². The van der Waals surface area contributed by atoms with E-state index in [9.17, 15) is 4.39 Å². The maximum atomic E-state index is 14.4. The molecule has 0 aliphatic rings. The largest absolute Gasteiger partial charge is 0.351 e. The number of nitrogens with one attached hydrogen (secondary N) is 1. The molecule has 1 aromatic rings. The molecule has 0 aliphatic carbocycles. The first kappa shape index (κ1) is 17.9. The summed E-state index contributed by atoms with van der Waals surface area (Å²) in [5, 5.41) is 3.26. The van der Waals surface area contributed by atoms with Crippen LogP contribution < -0.4 is 5.32 Å². The fraction of sp³-hybridized carbons (Fsp3) is 0.571. The van der Waals surface area contributed by atoms with Gasteiger partial charge in [0.2, 0.25) is 0 Å². The summed E-state index contributed by atoms with van der Waals surface area (Å²) in [7, 11) is 0. The Kier molecular flexibility index (Phi) is 7.99. The minimum Gasteiger partial charge on any atom is -0.351 e. The van der Waals surface area contributed by atoms with E-state index in [1.807, 2.05) is 20.8 Å². The molecule has 0 aliphatic heterocycles. The Morgan fingerprint density at radius 2 is 1.85 bits per heavy atom. The smallest absolute Gasteiger partial charge is 0.176 e. The van der Waals surface area contributed by atoms with Gasteiger partial charge < -0.3 is 14.8 Å². The van der Waals surface area contributed by atoms with E-state index in [-0.39, 0.29) is 5.02 Å². The molecule has 1 unspecified atom stereocenters. The molecule has 1 rings (SSSR count). The molecule has 20 heavy (non-hydrogen) atoms. The van der Waals surface area contributed by atoms with Gasteiger partial charge in [0.1, 0.15) is 5.82 Å². The van der Waals surface area contributed by atoms with Crippen LogP contribution in [0.1, 0.15) is 32.4 Å². The average Bonchev–Trinajstić information content (AvgIpc) is 2.43. The zero-order valence-corrected chi connectivity index (χ0v) is 14.2. The van der Waals surface area contributed by atoms with Crippen LogP contribution in [0.15, 0.2) is 16.6 Å². The molecule has 0 saturated carbocycles. The summed E-state index contributed by atoms with van der Waals surface area (Å²) < 4.78 is 26.0. The summed E-state index contributed by atoms with van der Waals surface area (Å²) in [6.45, 7) is 7.32. The fourth-order valence-corrected chi connectivity index (χ4v) is 2.40. The second-order valence-electron chi connectivity index (χ2n) is 4.08. The second kappa shape index (κ2) is 8.95. The van der Waals surface area contributed by atoms with Crippen LogP contribution in [0.2, 0.25) is 5.02 Å². The molecule has 0 aromatic heterocycles. The molecule has 114 valence electrons. The van der Waals surface area contributed by atoms with Gasteiger partial charge in [0.15, 0.2) is 6.29 Å². The van der Waals surface area contributed by atoms with Gasteiger partial charge in [-0.3, -0.25) is 0 Å². The number of hydrogen-bond donors (Lipinski definition) is 1. The van der Waals surface area contributed by atoms with Gasteiger partial charge in [0.25, 0.3) is 0 Å². The van der Waals surface area contributed by atoms with Gasteiger partial charge in [-0.1, -0.05) is 24.6 Å². The third-order valence-corrected chi connectivity index (χ3v) is 4.02. The number of likely N-dealkylation sites (N-methyl/N-ethyl adjacent to an activating group) is 1. The monoisotopic (exact) mass is 367 g/mol. The number of rotatable bonds is 8. The van der Waals surface area contributed by atoms with E-state index in [4.69, 9.17) is 21.1 Å². The topological polar surface area (TPSA) is 30.5 Å². The lowest BCUT2D eigenvalue weighted by atomic mass is 10.1. The Morgan fingerprint density at radius 1 is 1.25 bits per heavy atom. The molecule has 0 fully saturated rings. The first-order chi connectivity index (χ1) is 9.56. The van der Waals surface area contributed by atoms with Crippen LogP contribution in [0.5, 0.6) is 0 Å². The number of hydrogen-bond acceptors (Lipinski definition) is 3. The summed E-state index contributed by atoms with van der Waals surface area (Å²) in [6, 6.07) is 2.99. The van der Waals surface area contributed by atoms with Crippen molar-refractivity contribution >= 4 is 27.5 Å². The first-order valence-electron chi connectivity index (χ1n) is 6.66. The number of ether oxygens (including phenoxy) is 2. The Bertz CT molecular complexity index is 428. The van der Waals surface area contributed by atoms with Gasteiger partial charge in [-0.05, 0) is 42.4 Å². The van der Waals surface area contributed by atoms with Crippen molar-refractivity contribution in [2.75, 3.05) is 19.8 Å². The fourth-order valence-electron chi connectivity index (χ4n) is 1.92. The van der Waals surface area contributed by atoms with E-state index in [0.29, 0.717) is 29.8 Å². The molecule has 0 spiro atoms. The predicted molar refractivity (Wildman–Crippen MR) is 82.6 cm³/mol. The number of benzene rings is 1. The highest BCUT2D eigenvalue weighted by atomic mass is 79.9. The average molecular weight is 369 g/mol. The summed E-state index contributed by atoms with van der Waals surface area (Å²) in [5.74, 6) is -0.462. The predicted octanol–water partition coefficient (Wildman–Crippen LogP) is 4.29. The first-order valence-corrected chi connectivity index (χ1v) is 7.83. The SMILES string of the molecule is CCNC(c1ccc(Br)c(Cl)c1F)C(OCC)OCC. The van der Waals surface area contributed by atoms with Gasteiger partial charge in [-0.25, -0.2) is 4.39 Å². The third kappa shape index (κ3) is 4.40. The van der Waals surface area contributed by atoms with Crippen molar-refractivity contribution < 1.29 is 13.9 Å². The maximum absolute atomic E-state index is 14.4. The van der Waals surface area contributed by atoms with Crippen LogP contribution in [0.25, 0.3) is 0 Å². The summed E-state index contributed by atoms with van der Waals surface area (Å²) in [5.41, 5.74) is 0.437. The number of halogens is 3. The van der Waals surface area contributed by atoms with Crippen molar-refractivity contribution in [1.82, 2.24) is 5.32 Å². The van der Waals surface area contributed by atoms with E-state index in [2.05, 4.69) is 21.2 Å². The van der Waals surface area contributed by atoms with Crippen molar-refractivity contribution in [2.45, 2.75) is 33.1 Å². The normalized spacial score (nSPS) is 12.9. The van der Waals surface area contributed by atoms with Crippen molar-refractivity contribution in [3.63, 3.8) is 0 Å². The Hall–Kier alpha value is -0.200.